The minimum atomic E-state index is -4.58. The molecule has 7 heteroatoms. The van der Waals surface area contributed by atoms with E-state index < -0.39 is 17.4 Å². The predicted molar refractivity (Wildman–Crippen MR) is 40.8 cm³/mol. The van der Waals surface area contributed by atoms with E-state index in [-0.39, 0.29) is 5.65 Å². The normalized spacial score (nSPS) is 12.2. The van der Waals surface area contributed by atoms with E-state index in [1.165, 1.54) is 12.3 Å². The van der Waals surface area contributed by atoms with Gasteiger partial charge < -0.3 is 4.98 Å². The van der Waals surface area contributed by atoms with Crippen molar-refractivity contribution in [2.75, 3.05) is 0 Å². The van der Waals surface area contributed by atoms with Gasteiger partial charge in [-0.3, -0.25) is 4.79 Å². The van der Waals surface area contributed by atoms with Crippen molar-refractivity contribution < 1.29 is 13.2 Å². The van der Waals surface area contributed by atoms with E-state index in [9.17, 15) is 18.0 Å². The first-order valence-electron chi connectivity index (χ1n) is 3.63. The Hall–Kier alpha value is -1.79. The Morgan fingerprint density at radius 2 is 2.14 bits per heavy atom. The van der Waals surface area contributed by atoms with Crippen LogP contribution in [-0.4, -0.2) is 14.6 Å². The van der Waals surface area contributed by atoms with Crippen molar-refractivity contribution in [1.29, 1.82) is 0 Å². The molecule has 0 aliphatic rings. The molecule has 0 aromatic carbocycles. The molecular formula is C7H4F3N3O. The molecule has 2 aromatic heterocycles. The van der Waals surface area contributed by atoms with Crippen LogP contribution in [0.2, 0.25) is 0 Å². The molecule has 0 bridgehead atoms. The third-order valence-corrected chi connectivity index (χ3v) is 1.68. The highest BCUT2D eigenvalue weighted by Crippen LogP contribution is 2.27. The highest BCUT2D eigenvalue weighted by molar-refractivity contribution is 5.37. The van der Waals surface area contributed by atoms with Crippen molar-refractivity contribution in [3.05, 3.63) is 34.4 Å². The summed E-state index contributed by atoms with van der Waals surface area (Å²) in [6.07, 6.45) is -3.40. The smallest absolute Gasteiger partial charge is 0.307 e. The molecule has 0 spiro atoms. The van der Waals surface area contributed by atoms with Crippen LogP contribution in [0.3, 0.4) is 0 Å². The first-order chi connectivity index (χ1) is 6.48. The SMILES string of the molecule is O=c1cc(C(F)(F)F)n2nccc2[nH]1. The van der Waals surface area contributed by atoms with Crippen molar-refractivity contribution in [2.45, 2.75) is 6.18 Å². The number of fused-ring (bicyclic) bond motifs is 1. The van der Waals surface area contributed by atoms with Crippen molar-refractivity contribution in [1.82, 2.24) is 14.6 Å². The summed E-state index contributed by atoms with van der Waals surface area (Å²) in [6, 6.07) is 1.76. The molecule has 0 saturated heterocycles. The Labute approximate surface area is 75.0 Å². The molecule has 0 radical (unpaired) electrons. The number of aromatic nitrogens is 3. The van der Waals surface area contributed by atoms with Gasteiger partial charge in [-0.15, -0.1) is 0 Å². The number of halogens is 3. The van der Waals surface area contributed by atoms with E-state index >= 15 is 0 Å². The first kappa shape index (κ1) is 8.79. The fourth-order valence-corrected chi connectivity index (χ4v) is 1.14. The van der Waals surface area contributed by atoms with E-state index in [2.05, 4.69) is 10.1 Å². The highest BCUT2D eigenvalue weighted by atomic mass is 19.4. The van der Waals surface area contributed by atoms with Crippen molar-refractivity contribution in [3.63, 3.8) is 0 Å². The lowest BCUT2D eigenvalue weighted by Gasteiger charge is -2.07. The number of nitrogens with zero attached hydrogens (tertiary/aromatic N) is 2. The summed E-state index contributed by atoms with van der Waals surface area (Å²) < 4.78 is 37.7. The molecule has 2 rings (SSSR count). The zero-order valence-electron chi connectivity index (χ0n) is 6.67. The van der Waals surface area contributed by atoms with E-state index in [1.807, 2.05) is 0 Å². The minimum Gasteiger partial charge on any atom is -0.307 e. The Bertz CT molecular complexity index is 525. The standard InChI is InChI=1S/C7H4F3N3O/c8-7(9,10)4-3-6(14)12-5-1-2-11-13(4)5/h1-3H,(H,12,14). The van der Waals surface area contributed by atoms with Gasteiger partial charge in [0.25, 0.3) is 5.56 Å². The van der Waals surface area contributed by atoms with Gasteiger partial charge in [0.05, 0.1) is 6.20 Å². The van der Waals surface area contributed by atoms with Crippen LogP contribution in [0, 0.1) is 0 Å². The van der Waals surface area contributed by atoms with Gasteiger partial charge in [-0.05, 0) is 0 Å². The lowest BCUT2D eigenvalue weighted by molar-refractivity contribution is -0.142. The van der Waals surface area contributed by atoms with Crippen molar-refractivity contribution in [2.24, 2.45) is 0 Å². The van der Waals surface area contributed by atoms with E-state index in [4.69, 9.17) is 0 Å². The fraction of sp³-hybridized carbons (Fsp3) is 0.143. The van der Waals surface area contributed by atoms with Gasteiger partial charge in [0.1, 0.15) is 5.65 Å². The van der Waals surface area contributed by atoms with E-state index in [1.54, 1.807) is 0 Å². The molecule has 2 aromatic rings. The third-order valence-electron chi connectivity index (χ3n) is 1.68. The zero-order chi connectivity index (χ0) is 10.3. The zero-order valence-corrected chi connectivity index (χ0v) is 6.67. The maximum Gasteiger partial charge on any atom is 0.433 e. The van der Waals surface area contributed by atoms with Gasteiger partial charge in [-0.2, -0.15) is 18.3 Å². The number of nitrogens with one attached hydrogen (secondary N) is 1. The van der Waals surface area contributed by atoms with Crippen LogP contribution >= 0.6 is 0 Å². The molecule has 4 nitrogen and oxygen atoms in total. The molecule has 0 saturated carbocycles. The maximum absolute atomic E-state index is 12.4. The topological polar surface area (TPSA) is 50.2 Å². The van der Waals surface area contributed by atoms with Gasteiger partial charge in [0.2, 0.25) is 0 Å². The number of alkyl halides is 3. The molecular weight excluding hydrogens is 199 g/mol. The molecule has 2 heterocycles. The molecule has 0 unspecified atom stereocenters. The van der Waals surface area contributed by atoms with Gasteiger partial charge in [-0.1, -0.05) is 0 Å². The van der Waals surface area contributed by atoms with Gasteiger partial charge in [0.15, 0.2) is 5.69 Å². The Balaban J connectivity index is 2.87. The van der Waals surface area contributed by atoms with Crippen LogP contribution in [0.25, 0.3) is 5.65 Å². The number of H-pyrrole nitrogens is 1. The molecule has 0 atom stereocenters. The second-order valence-electron chi connectivity index (χ2n) is 2.64. The summed E-state index contributed by atoms with van der Waals surface area (Å²) in [6.45, 7) is 0. The Kier molecular flexibility index (Phi) is 1.63. The monoisotopic (exact) mass is 203 g/mol. The minimum absolute atomic E-state index is 0.0184. The van der Waals surface area contributed by atoms with Crippen LogP contribution < -0.4 is 5.56 Å². The molecule has 74 valence electrons. The summed E-state index contributed by atoms with van der Waals surface area (Å²) in [4.78, 5) is 13.1. The number of hydrogen-bond donors (Lipinski definition) is 1. The van der Waals surface area contributed by atoms with Gasteiger partial charge >= 0.3 is 6.18 Å². The van der Waals surface area contributed by atoms with Crippen LogP contribution in [0.4, 0.5) is 13.2 Å². The second kappa shape index (κ2) is 2.60. The molecule has 14 heavy (non-hydrogen) atoms. The van der Waals surface area contributed by atoms with E-state index in [0.717, 1.165) is 0 Å². The summed E-state index contributed by atoms with van der Waals surface area (Å²) in [5, 5.41) is 3.45. The van der Waals surface area contributed by atoms with Crippen LogP contribution in [0.1, 0.15) is 5.69 Å². The number of hydrogen-bond acceptors (Lipinski definition) is 2. The molecule has 0 aliphatic carbocycles. The summed E-state index contributed by atoms with van der Waals surface area (Å²) in [7, 11) is 0. The fourth-order valence-electron chi connectivity index (χ4n) is 1.14. The molecule has 1 N–H and O–H groups in total. The largest absolute Gasteiger partial charge is 0.433 e. The van der Waals surface area contributed by atoms with Crippen LogP contribution in [0.5, 0.6) is 0 Å². The molecule has 0 aliphatic heterocycles. The van der Waals surface area contributed by atoms with Crippen LogP contribution in [0.15, 0.2) is 23.1 Å². The van der Waals surface area contributed by atoms with E-state index in [0.29, 0.717) is 10.6 Å². The predicted octanol–water partition coefficient (Wildman–Crippen LogP) is 1.04. The van der Waals surface area contributed by atoms with Gasteiger partial charge in [0, 0.05) is 12.1 Å². The Morgan fingerprint density at radius 1 is 1.43 bits per heavy atom. The van der Waals surface area contributed by atoms with Crippen molar-refractivity contribution >= 4 is 5.65 Å². The number of rotatable bonds is 0. The lowest BCUT2D eigenvalue weighted by Crippen LogP contribution is -2.18. The average molecular weight is 203 g/mol. The van der Waals surface area contributed by atoms with Gasteiger partial charge in [-0.25, -0.2) is 4.52 Å². The Morgan fingerprint density at radius 3 is 2.79 bits per heavy atom. The highest BCUT2D eigenvalue weighted by Gasteiger charge is 2.34. The summed E-state index contributed by atoms with van der Waals surface area (Å²) in [5.41, 5.74) is -1.86. The van der Waals surface area contributed by atoms with Crippen molar-refractivity contribution in [3.8, 4) is 0 Å². The maximum atomic E-state index is 12.4. The summed E-state index contributed by atoms with van der Waals surface area (Å²) >= 11 is 0. The average Bonchev–Trinajstić information content (AvgIpc) is 2.47. The lowest BCUT2D eigenvalue weighted by atomic mass is 10.4. The second-order valence-corrected chi connectivity index (χ2v) is 2.64. The summed E-state index contributed by atoms with van der Waals surface area (Å²) in [5.74, 6) is 0. The first-order valence-corrected chi connectivity index (χ1v) is 3.63. The van der Waals surface area contributed by atoms with Crippen LogP contribution in [-0.2, 0) is 6.18 Å². The number of aromatic amines is 1. The quantitative estimate of drug-likeness (QED) is 0.695. The molecule has 0 fully saturated rings. The molecule has 0 amide bonds. The third kappa shape index (κ3) is 1.26.